The lowest BCUT2D eigenvalue weighted by Crippen LogP contribution is -2.27. The van der Waals surface area contributed by atoms with E-state index in [4.69, 9.17) is 34.8 Å². The summed E-state index contributed by atoms with van der Waals surface area (Å²) in [5.41, 5.74) is -6.75. The molecule has 0 radical (unpaired) electrons. The van der Waals surface area contributed by atoms with Crippen LogP contribution in [0.25, 0.3) is 5.69 Å². The fraction of sp³-hybridized carbons (Fsp3) is 0.111. The first-order valence-corrected chi connectivity index (χ1v) is 9.72. The van der Waals surface area contributed by atoms with E-state index in [-0.39, 0.29) is 21.8 Å². The summed E-state index contributed by atoms with van der Waals surface area (Å²) in [5, 5.41) is 12.0. The van der Waals surface area contributed by atoms with Crippen molar-refractivity contribution in [3.63, 3.8) is 0 Å². The maximum absolute atomic E-state index is 13.4. The summed E-state index contributed by atoms with van der Waals surface area (Å²) in [4.78, 5) is 26.2. The second-order valence-corrected chi connectivity index (χ2v) is 7.73. The van der Waals surface area contributed by atoms with Crippen LogP contribution in [0.3, 0.4) is 0 Å². The number of nitrogens with one attached hydrogen (secondary N) is 1. The minimum Gasteiger partial charge on any atom is -0.319 e. The third-order valence-corrected chi connectivity index (χ3v) is 4.95. The molecule has 0 unspecified atom stereocenters. The summed E-state index contributed by atoms with van der Waals surface area (Å²) in [6.07, 6.45) is -10.2. The number of halogens is 9. The Bertz CT molecular complexity index is 1340. The second-order valence-electron chi connectivity index (χ2n) is 6.48. The van der Waals surface area contributed by atoms with Crippen LogP contribution in [0.5, 0.6) is 0 Å². The van der Waals surface area contributed by atoms with Gasteiger partial charge in [0.05, 0.1) is 16.2 Å². The van der Waals surface area contributed by atoms with Gasteiger partial charge in [-0.15, -0.1) is 0 Å². The minimum atomic E-state index is -5.22. The van der Waals surface area contributed by atoms with Gasteiger partial charge in [-0.25, -0.2) is 9.55 Å². The van der Waals surface area contributed by atoms with Crippen molar-refractivity contribution in [3.05, 3.63) is 83.2 Å². The summed E-state index contributed by atoms with van der Waals surface area (Å²) in [7, 11) is 0. The van der Waals surface area contributed by atoms with Crippen molar-refractivity contribution in [1.82, 2.24) is 9.55 Å². The fourth-order valence-electron chi connectivity index (χ4n) is 2.77. The highest BCUT2D eigenvalue weighted by molar-refractivity contribution is 6.35. The molecule has 1 N–H and O–H groups in total. The molecule has 0 fully saturated rings. The predicted molar refractivity (Wildman–Crippen MR) is 111 cm³/mol. The van der Waals surface area contributed by atoms with Gasteiger partial charge in [0.2, 0.25) is 5.95 Å². The van der Waals surface area contributed by atoms with E-state index >= 15 is 0 Å². The number of benzene rings is 2. The van der Waals surface area contributed by atoms with Gasteiger partial charge in [0.15, 0.2) is 5.69 Å². The van der Waals surface area contributed by atoms with Crippen molar-refractivity contribution in [2.45, 2.75) is 12.4 Å². The normalized spacial score (nSPS) is 12.0. The van der Waals surface area contributed by atoms with Crippen molar-refractivity contribution >= 4 is 52.1 Å². The van der Waals surface area contributed by atoms with Crippen LogP contribution in [-0.4, -0.2) is 14.5 Å². The first kappa shape index (κ1) is 25.6. The average Bonchev–Trinajstić information content (AvgIpc) is 2.68. The van der Waals surface area contributed by atoms with Crippen LogP contribution in [0.1, 0.15) is 11.3 Å². The van der Waals surface area contributed by atoms with Crippen LogP contribution in [-0.2, 0) is 12.4 Å². The third-order valence-electron chi connectivity index (χ3n) is 4.17. The Hall–Kier alpha value is -3.03. The lowest BCUT2D eigenvalue weighted by atomic mass is 10.1. The molecule has 3 aromatic rings. The van der Waals surface area contributed by atoms with Crippen LogP contribution in [0.15, 0.2) is 41.2 Å². The highest BCUT2D eigenvalue weighted by Crippen LogP contribution is 2.38. The van der Waals surface area contributed by atoms with E-state index in [1.807, 2.05) is 0 Å². The molecule has 1 heterocycles. The molecule has 0 bridgehead atoms. The summed E-state index contributed by atoms with van der Waals surface area (Å²) in [6, 6.07) is 4.67. The molecule has 0 spiro atoms. The van der Waals surface area contributed by atoms with Gasteiger partial charge in [0.1, 0.15) is 10.7 Å². The molecule has 0 amide bonds. The molecule has 0 saturated heterocycles. The van der Waals surface area contributed by atoms with Gasteiger partial charge < -0.3 is 5.32 Å². The molecule has 34 heavy (non-hydrogen) atoms. The third kappa shape index (κ3) is 5.21. The van der Waals surface area contributed by atoms with Gasteiger partial charge >= 0.3 is 12.4 Å². The van der Waals surface area contributed by atoms with Gasteiger partial charge in [-0.2, -0.15) is 26.3 Å². The quantitative estimate of drug-likeness (QED) is 0.218. The molecule has 0 atom stereocenters. The summed E-state index contributed by atoms with van der Waals surface area (Å²) >= 11 is 17.4. The van der Waals surface area contributed by atoms with Gasteiger partial charge in [-0.3, -0.25) is 14.9 Å². The number of alkyl halides is 6. The summed E-state index contributed by atoms with van der Waals surface area (Å²) in [6.45, 7) is 0. The molecule has 7 nitrogen and oxygen atoms in total. The van der Waals surface area contributed by atoms with Crippen molar-refractivity contribution in [3.8, 4) is 5.69 Å². The van der Waals surface area contributed by atoms with Crippen molar-refractivity contribution < 1.29 is 31.3 Å². The molecule has 1 aromatic heterocycles. The number of nitro groups is 1. The zero-order valence-corrected chi connectivity index (χ0v) is 18.2. The van der Waals surface area contributed by atoms with Gasteiger partial charge in [-0.1, -0.05) is 34.8 Å². The van der Waals surface area contributed by atoms with E-state index in [9.17, 15) is 41.3 Å². The van der Waals surface area contributed by atoms with Crippen LogP contribution in [0, 0.1) is 10.1 Å². The zero-order chi connectivity index (χ0) is 25.6. The topological polar surface area (TPSA) is 90.1 Å². The number of nitrogens with zero attached hydrogens (tertiary/aromatic N) is 3. The lowest BCUT2D eigenvalue weighted by Gasteiger charge is -2.18. The maximum atomic E-state index is 13.4. The first-order valence-electron chi connectivity index (χ1n) is 8.58. The average molecular weight is 548 g/mol. The minimum absolute atomic E-state index is 0.0446. The number of hydrogen-bond donors (Lipinski definition) is 1. The Balaban J connectivity index is 2.32. The fourth-order valence-corrected chi connectivity index (χ4v) is 3.51. The molecule has 3 rings (SSSR count). The molecule has 0 saturated carbocycles. The van der Waals surface area contributed by atoms with Crippen LogP contribution in [0.2, 0.25) is 15.1 Å². The largest absolute Gasteiger partial charge is 0.435 e. The van der Waals surface area contributed by atoms with E-state index in [1.54, 1.807) is 0 Å². The van der Waals surface area contributed by atoms with Gasteiger partial charge in [-0.05, 0) is 30.3 Å². The van der Waals surface area contributed by atoms with Gasteiger partial charge in [0.25, 0.3) is 11.2 Å². The van der Waals surface area contributed by atoms with Gasteiger partial charge in [0, 0.05) is 16.1 Å². The zero-order valence-electron chi connectivity index (χ0n) is 15.9. The number of hydrogen-bond acceptors (Lipinski definition) is 5. The number of aromatic nitrogens is 2. The Morgan fingerprint density at radius 3 is 2.03 bits per heavy atom. The smallest absolute Gasteiger partial charge is 0.319 e. The first-order chi connectivity index (χ1) is 15.6. The Kier molecular flexibility index (Phi) is 6.75. The molecule has 0 aliphatic rings. The second kappa shape index (κ2) is 8.96. The van der Waals surface area contributed by atoms with E-state index < -0.39 is 56.4 Å². The van der Waals surface area contributed by atoms with Crippen LogP contribution < -0.4 is 10.9 Å². The Morgan fingerprint density at radius 1 is 0.941 bits per heavy atom. The molecule has 16 heteroatoms. The molecule has 0 aliphatic heterocycles. The molecular weight excluding hydrogens is 541 g/mol. The van der Waals surface area contributed by atoms with E-state index in [0.29, 0.717) is 16.7 Å². The summed E-state index contributed by atoms with van der Waals surface area (Å²) in [5.74, 6) is -0.956. The molecular formula is C18H7Cl3F6N4O3. The molecule has 180 valence electrons. The van der Waals surface area contributed by atoms with E-state index in [0.717, 1.165) is 12.1 Å². The SMILES string of the molecule is O=c1c(Cl)c(C(F)(F)F)nc(Nc2ccc(C(F)(F)F)cc2[N+](=O)[O-])n1-c1cc(Cl)cc(Cl)c1. The monoisotopic (exact) mass is 546 g/mol. The van der Waals surface area contributed by atoms with Crippen molar-refractivity contribution in [2.75, 3.05) is 5.32 Å². The highest BCUT2D eigenvalue weighted by atomic mass is 35.5. The maximum Gasteiger partial charge on any atom is 0.435 e. The van der Waals surface area contributed by atoms with Crippen molar-refractivity contribution in [1.29, 1.82) is 0 Å². The number of nitro benzene ring substituents is 1. The standard InChI is InChI=1S/C18H7Cl3F6N4O3/c19-8-4-9(20)6-10(5-8)30-15(32)13(21)14(18(25,26)27)29-16(30)28-11-2-1-7(17(22,23)24)3-12(11)31(33)34/h1-6H,(H,28,29). The lowest BCUT2D eigenvalue weighted by molar-refractivity contribution is -0.384. The van der Waals surface area contributed by atoms with Crippen LogP contribution >= 0.6 is 34.8 Å². The number of anilines is 2. The molecule has 2 aromatic carbocycles. The van der Waals surface area contributed by atoms with Crippen LogP contribution in [0.4, 0.5) is 43.7 Å². The summed E-state index contributed by atoms with van der Waals surface area (Å²) < 4.78 is 79.6. The Labute approximate surface area is 199 Å². The van der Waals surface area contributed by atoms with E-state index in [2.05, 4.69) is 10.3 Å². The highest BCUT2D eigenvalue weighted by Gasteiger charge is 2.39. The number of rotatable bonds is 4. The van der Waals surface area contributed by atoms with E-state index in [1.165, 1.54) is 6.07 Å². The molecule has 0 aliphatic carbocycles. The predicted octanol–water partition coefficient (Wildman–Crippen LogP) is 6.88. The van der Waals surface area contributed by atoms with Crippen molar-refractivity contribution in [2.24, 2.45) is 0 Å². The Morgan fingerprint density at radius 2 is 1.53 bits per heavy atom.